The van der Waals surface area contributed by atoms with Gasteiger partial charge in [0.25, 0.3) is 0 Å². The van der Waals surface area contributed by atoms with Gasteiger partial charge in [-0.2, -0.15) is 0 Å². The number of hydrogen-bond donors (Lipinski definition) is 1. The van der Waals surface area contributed by atoms with E-state index >= 15 is 0 Å². The second-order valence-electron chi connectivity index (χ2n) is 4.69. The molecule has 1 aromatic rings. The van der Waals surface area contributed by atoms with E-state index in [2.05, 4.69) is 25.7 Å². The maximum Gasteiger partial charge on any atom is 0.335 e. The zero-order valence-corrected chi connectivity index (χ0v) is 12.6. The highest BCUT2D eigenvalue weighted by atomic mass is 35.5. The minimum absolute atomic E-state index is 0.229. The molecule has 0 unspecified atom stereocenters. The number of hydrogen-bond acceptors (Lipinski definition) is 2. The SMILES string of the molecule is CCC(CC)CN(CC)c1ccc(C(=O)O)cc1Cl. The summed E-state index contributed by atoms with van der Waals surface area (Å²) in [6.45, 7) is 8.29. The van der Waals surface area contributed by atoms with Gasteiger partial charge in [-0.05, 0) is 31.0 Å². The number of rotatable bonds is 7. The van der Waals surface area contributed by atoms with Crippen molar-refractivity contribution in [2.45, 2.75) is 33.6 Å². The summed E-state index contributed by atoms with van der Waals surface area (Å²) in [5.74, 6) is -0.313. The van der Waals surface area contributed by atoms with Crippen molar-refractivity contribution in [3.8, 4) is 0 Å². The van der Waals surface area contributed by atoms with Crippen LogP contribution >= 0.6 is 11.6 Å². The molecule has 19 heavy (non-hydrogen) atoms. The molecular formula is C15H22ClNO2. The number of nitrogens with zero attached hydrogens (tertiary/aromatic N) is 1. The molecule has 0 aromatic heterocycles. The van der Waals surface area contributed by atoms with E-state index < -0.39 is 5.97 Å². The van der Waals surface area contributed by atoms with Crippen LogP contribution in [0.5, 0.6) is 0 Å². The summed E-state index contributed by atoms with van der Waals surface area (Å²) in [7, 11) is 0. The van der Waals surface area contributed by atoms with E-state index in [1.165, 1.54) is 6.07 Å². The highest BCUT2D eigenvalue weighted by molar-refractivity contribution is 6.33. The fourth-order valence-electron chi connectivity index (χ4n) is 2.15. The van der Waals surface area contributed by atoms with Crippen LogP contribution in [0.1, 0.15) is 44.0 Å². The van der Waals surface area contributed by atoms with Gasteiger partial charge in [-0.15, -0.1) is 0 Å². The Kier molecular flexibility index (Phi) is 6.16. The van der Waals surface area contributed by atoms with Crippen molar-refractivity contribution >= 4 is 23.3 Å². The van der Waals surface area contributed by atoms with Crippen LogP contribution in [0.4, 0.5) is 5.69 Å². The lowest BCUT2D eigenvalue weighted by atomic mass is 10.0. The molecule has 3 nitrogen and oxygen atoms in total. The Hall–Kier alpha value is -1.22. The normalized spacial score (nSPS) is 10.8. The molecule has 0 aliphatic carbocycles. The van der Waals surface area contributed by atoms with Gasteiger partial charge in [-0.3, -0.25) is 0 Å². The minimum atomic E-state index is -0.948. The topological polar surface area (TPSA) is 40.5 Å². The monoisotopic (exact) mass is 283 g/mol. The van der Waals surface area contributed by atoms with Gasteiger partial charge >= 0.3 is 5.97 Å². The summed E-state index contributed by atoms with van der Waals surface area (Å²) in [5, 5.41) is 9.45. The van der Waals surface area contributed by atoms with Crippen molar-refractivity contribution in [1.82, 2.24) is 0 Å². The van der Waals surface area contributed by atoms with E-state index in [9.17, 15) is 4.79 Å². The zero-order chi connectivity index (χ0) is 14.4. The van der Waals surface area contributed by atoms with Crippen LogP contribution in [0.2, 0.25) is 5.02 Å². The number of halogens is 1. The van der Waals surface area contributed by atoms with Crippen molar-refractivity contribution < 1.29 is 9.90 Å². The van der Waals surface area contributed by atoms with Gasteiger partial charge in [0.1, 0.15) is 0 Å². The number of carbonyl (C=O) groups is 1. The molecular weight excluding hydrogens is 262 g/mol. The first-order valence-corrected chi connectivity index (χ1v) is 7.18. The van der Waals surface area contributed by atoms with Crippen LogP contribution < -0.4 is 4.90 Å². The molecule has 0 spiro atoms. The van der Waals surface area contributed by atoms with Crippen LogP contribution in [0, 0.1) is 5.92 Å². The Balaban J connectivity index is 2.95. The van der Waals surface area contributed by atoms with Crippen molar-refractivity contribution in [2.75, 3.05) is 18.0 Å². The van der Waals surface area contributed by atoms with Crippen LogP contribution in [0.3, 0.4) is 0 Å². The van der Waals surface area contributed by atoms with E-state index in [0.29, 0.717) is 10.9 Å². The van der Waals surface area contributed by atoms with E-state index in [4.69, 9.17) is 16.7 Å². The van der Waals surface area contributed by atoms with Crippen LogP contribution in [0.15, 0.2) is 18.2 Å². The lowest BCUT2D eigenvalue weighted by molar-refractivity contribution is 0.0697. The highest BCUT2D eigenvalue weighted by Gasteiger charge is 2.15. The average Bonchev–Trinajstić information content (AvgIpc) is 2.41. The lowest BCUT2D eigenvalue weighted by Crippen LogP contribution is -2.29. The number of carboxylic acids is 1. The summed E-state index contributed by atoms with van der Waals surface area (Å²) >= 11 is 6.21. The molecule has 1 N–H and O–H groups in total. The second-order valence-corrected chi connectivity index (χ2v) is 5.10. The number of benzene rings is 1. The molecule has 0 aliphatic rings. The smallest absolute Gasteiger partial charge is 0.335 e. The molecule has 0 saturated carbocycles. The van der Waals surface area contributed by atoms with Crippen LogP contribution in [-0.4, -0.2) is 24.2 Å². The Morgan fingerprint density at radius 3 is 2.37 bits per heavy atom. The largest absolute Gasteiger partial charge is 0.478 e. The van der Waals surface area contributed by atoms with E-state index in [-0.39, 0.29) is 5.56 Å². The van der Waals surface area contributed by atoms with Crippen molar-refractivity contribution in [3.05, 3.63) is 28.8 Å². The van der Waals surface area contributed by atoms with E-state index in [1.54, 1.807) is 12.1 Å². The zero-order valence-electron chi connectivity index (χ0n) is 11.8. The summed E-state index contributed by atoms with van der Waals surface area (Å²) < 4.78 is 0. The van der Waals surface area contributed by atoms with E-state index in [0.717, 1.165) is 31.6 Å². The molecule has 0 aliphatic heterocycles. The second kappa shape index (κ2) is 7.39. The minimum Gasteiger partial charge on any atom is -0.478 e. The Labute approximate surface area is 120 Å². The third kappa shape index (κ3) is 4.13. The fraction of sp³-hybridized carbons (Fsp3) is 0.533. The Morgan fingerprint density at radius 2 is 1.95 bits per heavy atom. The van der Waals surface area contributed by atoms with Gasteiger partial charge in [0.2, 0.25) is 0 Å². The Bertz CT molecular complexity index is 430. The number of anilines is 1. The standard InChI is InChI=1S/C15H22ClNO2/c1-4-11(5-2)10-17(6-3)14-8-7-12(15(18)19)9-13(14)16/h7-9,11H,4-6,10H2,1-3H3,(H,18,19). The van der Waals surface area contributed by atoms with Gasteiger partial charge in [0, 0.05) is 13.1 Å². The molecule has 0 heterocycles. The molecule has 0 atom stereocenters. The first kappa shape index (κ1) is 15.8. The molecule has 0 fully saturated rings. The molecule has 106 valence electrons. The molecule has 1 aromatic carbocycles. The molecule has 0 radical (unpaired) electrons. The third-order valence-corrected chi connectivity index (χ3v) is 3.85. The van der Waals surface area contributed by atoms with Crippen LogP contribution in [0.25, 0.3) is 0 Å². The molecule has 0 amide bonds. The van der Waals surface area contributed by atoms with Gasteiger partial charge in [-0.25, -0.2) is 4.79 Å². The first-order valence-electron chi connectivity index (χ1n) is 6.81. The van der Waals surface area contributed by atoms with E-state index in [1.807, 2.05) is 0 Å². The van der Waals surface area contributed by atoms with Gasteiger partial charge < -0.3 is 10.0 Å². The third-order valence-electron chi connectivity index (χ3n) is 3.55. The maximum atomic E-state index is 10.9. The Morgan fingerprint density at radius 1 is 1.32 bits per heavy atom. The van der Waals surface area contributed by atoms with Crippen molar-refractivity contribution in [1.29, 1.82) is 0 Å². The van der Waals surface area contributed by atoms with Crippen LogP contribution in [-0.2, 0) is 0 Å². The predicted molar refractivity (Wildman–Crippen MR) is 80.4 cm³/mol. The summed E-state index contributed by atoms with van der Waals surface area (Å²) in [4.78, 5) is 13.1. The van der Waals surface area contributed by atoms with Gasteiger partial charge in [0.15, 0.2) is 0 Å². The average molecular weight is 284 g/mol. The van der Waals surface area contributed by atoms with Gasteiger partial charge in [-0.1, -0.05) is 38.3 Å². The predicted octanol–water partition coefficient (Wildman–Crippen LogP) is 4.30. The molecule has 4 heteroatoms. The highest BCUT2D eigenvalue weighted by Crippen LogP contribution is 2.28. The summed E-state index contributed by atoms with van der Waals surface area (Å²) in [6.07, 6.45) is 2.27. The van der Waals surface area contributed by atoms with Gasteiger partial charge in [0.05, 0.1) is 16.3 Å². The molecule has 0 bridgehead atoms. The lowest BCUT2D eigenvalue weighted by Gasteiger charge is -2.28. The number of aromatic carboxylic acids is 1. The summed E-state index contributed by atoms with van der Waals surface area (Å²) in [6, 6.07) is 4.94. The molecule has 0 saturated heterocycles. The van der Waals surface area contributed by atoms with Crippen molar-refractivity contribution in [2.24, 2.45) is 5.92 Å². The maximum absolute atomic E-state index is 10.9. The fourth-order valence-corrected chi connectivity index (χ4v) is 2.45. The van der Waals surface area contributed by atoms with Crippen molar-refractivity contribution in [3.63, 3.8) is 0 Å². The first-order chi connectivity index (χ1) is 9.03. The number of carboxylic acid groups (broad SMARTS) is 1. The quantitative estimate of drug-likeness (QED) is 0.811. The molecule has 1 rings (SSSR count). The summed E-state index contributed by atoms with van der Waals surface area (Å²) in [5.41, 5.74) is 1.15.